The molecule has 0 aliphatic heterocycles. The van der Waals surface area contributed by atoms with Gasteiger partial charge in [-0.3, -0.25) is 20.2 Å². The highest BCUT2D eigenvalue weighted by Gasteiger charge is 2.32. The topological polar surface area (TPSA) is 120 Å². The van der Waals surface area contributed by atoms with Crippen LogP contribution in [0.15, 0.2) is 46.2 Å². The molecule has 0 unspecified atom stereocenters. The summed E-state index contributed by atoms with van der Waals surface area (Å²) in [5.74, 6) is 0. The largest absolute Gasteiger partial charge is 0.295 e. The van der Waals surface area contributed by atoms with Crippen molar-refractivity contribution in [1.82, 2.24) is 0 Å². The van der Waals surface area contributed by atoms with E-state index in [9.17, 15) is 28.6 Å². The molecule has 8 nitrogen and oxygen atoms in total. The molecule has 0 aromatic heterocycles. The van der Waals surface area contributed by atoms with Crippen LogP contribution in [0, 0.1) is 27.2 Å². The number of non-ortho nitro benzene ring substituents is 1. The van der Waals surface area contributed by atoms with Gasteiger partial charge >= 0.3 is 0 Å². The van der Waals surface area contributed by atoms with E-state index in [1.54, 1.807) is 0 Å². The van der Waals surface area contributed by atoms with E-state index in [2.05, 4.69) is 0 Å². The Bertz CT molecular complexity index is 909. The third-order valence-electron chi connectivity index (χ3n) is 3.04. The second kappa shape index (κ2) is 5.94. The molecule has 0 spiro atoms. The predicted molar refractivity (Wildman–Crippen MR) is 81.4 cm³/mol. The minimum absolute atomic E-state index is 0.0825. The number of halogens is 1. The van der Waals surface area contributed by atoms with Gasteiger partial charge < -0.3 is 0 Å². The van der Waals surface area contributed by atoms with E-state index in [1.165, 1.54) is 31.2 Å². The summed E-state index contributed by atoms with van der Waals surface area (Å²) in [7, 11) is -4.23. The van der Waals surface area contributed by atoms with Crippen molar-refractivity contribution in [2.24, 2.45) is 0 Å². The minimum Gasteiger partial charge on any atom is -0.258 e. The highest BCUT2D eigenvalue weighted by Crippen LogP contribution is 2.35. The van der Waals surface area contributed by atoms with Crippen molar-refractivity contribution in [3.05, 3.63) is 67.2 Å². The first-order valence-electron chi connectivity index (χ1n) is 6.08. The van der Waals surface area contributed by atoms with E-state index >= 15 is 0 Å². The molecular formula is C13H9ClN2O6S. The standard InChI is InChI=1S/C13H9ClN2O6S/c1-8-6-10(15(17)18)7-12(16(19)20)13(8)23(21,22)11-4-2-9(14)3-5-11/h2-7H,1H3. The van der Waals surface area contributed by atoms with E-state index in [4.69, 9.17) is 11.6 Å². The summed E-state index contributed by atoms with van der Waals surface area (Å²) in [4.78, 5) is 19.5. The summed E-state index contributed by atoms with van der Waals surface area (Å²) in [6.45, 7) is 1.27. The molecule has 2 aromatic rings. The van der Waals surface area contributed by atoms with Gasteiger partial charge in [0.2, 0.25) is 9.84 Å². The highest BCUT2D eigenvalue weighted by molar-refractivity contribution is 7.91. The van der Waals surface area contributed by atoms with Crippen LogP contribution in [-0.4, -0.2) is 18.3 Å². The van der Waals surface area contributed by atoms with Crippen molar-refractivity contribution in [2.45, 2.75) is 16.7 Å². The van der Waals surface area contributed by atoms with Crippen LogP contribution in [0.4, 0.5) is 11.4 Å². The Kier molecular flexibility index (Phi) is 4.35. The van der Waals surface area contributed by atoms with E-state index < -0.39 is 36.0 Å². The number of benzene rings is 2. The molecule has 2 aromatic carbocycles. The molecule has 0 atom stereocenters. The zero-order valence-electron chi connectivity index (χ0n) is 11.6. The zero-order chi connectivity index (χ0) is 17.4. The third-order valence-corrected chi connectivity index (χ3v) is 5.25. The Morgan fingerprint density at radius 1 is 1.00 bits per heavy atom. The van der Waals surface area contributed by atoms with Crippen LogP contribution in [0.2, 0.25) is 5.02 Å². The second-order valence-electron chi connectivity index (χ2n) is 4.58. The van der Waals surface area contributed by atoms with Crippen molar-refractivity contribution < 1.29 is 18.3 Å². The molecule has 2 rings (SSSR count). The fourth-order valence-corrected chi connectivity index (χ4v) is 3.81. The van der Waals surface area contributed by atoms with E-state index in [-0.39, 0.29) is 10.5 Å². The molecule has 10 heteroatoms. The summed E-state index contributed by atoms with van der Waals surface area (Å²) in [5, 5.41) is 22.3. The summed E-state index contributed by atoms with van der Waals surface area (Å²) >= 11 is 5.70. The average molecular weight is 357 g/mol. The first-order chi connectivity index (χ1) is 10.6. The molecule has 0 aliphatic carbocycles. The summed E-state index contributed by atoms with van der Waals surface area (Å²) in [5.41, 5.74) is -1.48. The number of nitrogens with zero attached hydrogens (tertiary/aromatic N) is 2. The van der Waals surface area contributed by atoms with Crippen molar-refractivity contribution in [2.75, 3.05) is 0 Å². The maximum absolute atomic E-state index is 12.7. The Morgan fingerprint density at radius 2 is 1.57 bits per heavy atom. The molecule has 120 valence electrons. The number of nitro benzene ring substituents is 2. The molecule has 0 N–H and O–H groups in total. The van der Waals surface area contributed by atoms with Gasteiger partial charge in [-0.05, 0) is 36.8 Å². The molecule has 0 heterocycles. The van der Waals surface area contributed by atoms with Crippen molar-refractivity contribution in [3.63, 3.8) is 0 Å². The lowest BCUT2D eigenvalue weighted by Crippen LogP contribution is -2.08. The van der Waals surface area contributed by atoms with Gasteiger partial charge in [-0.25, -0.2) is 8.42 Å². The Hall–Kier alpha value is -2.52. The molecule has 0 saturated carbocycles. The monoisotopic (exact) mass is 356 g/mol. The first-order valence-corrected chi connectivity index (χ1v) is 7.95. The van der Waals surface area contributed by atoms with Crippen LogP contribution >= 0.6 is 11.6 Å². The molecule has 0 amide bonds. The number of nitro groups is 2. The number of hydrogen-bond acceptors (Lipinski definition) is 6. The molecule has 0 saturated heterocycles. The lowest BCUT2D eigenvalue weighted by atomic mass is 10.2. The van der Waals surface area contributed by atoms with Gasteiger partial charge in [0.25, 0.3) is 11.4 Å². The molecule has 0 radical (unpaired) electrons. The Labute approximate surface area is 135 Å². The summed E-state index contributed by atoms with van der Waals surface area (Å²) in [6.07, 6.45) is 0. The van der Waals surface area contributed by atoms with Gasteiger partial charge in [0.15, 0.2) is 4.90 Å². The molecule has 0 aliphatic rings. The van der Waals surface area contributed by atoms with Crippen LogP contribution < -0.4 is 0 Å². The van der Waals surface area contributed by atoms with Crippen LogP contribution in [0.5, 0.6) is 0 Å². The molecule has 0 fully saturated rings. The van der Waals surface area contributed by atoms with Crippen LogP contribution in [-0.2, 0) is 9.84 Å². The number of rotatable bonds is 4. The van der Waals surface area contributed by atoms with Gasteiger partial charge in [-0.2, -0.15) is 0 Å². The first kappa shape index (κ1) is 16.8. The maximum atomic E-state index is 12.7. The van der Waals surface area contributed by atoms with Gasteiger partial charge in [0.05, 0.1) is 20.8 Å². The highest BCUT2D eigenvalue weighted by atomic mass is 35.5. The fourth-order valence-electron chi connectivity index (χ4n) is 2.06. The normalized spacial score (nSPS) is 11.2. The number of aryl methyl sites for hydroxylation is 1. The van der Waals surface area contributed by atoms with Crippen LogP contribution in [0.25, 0.3) is 0 Å². The minimum atomic E-state index is -4.23. The molecule has 23 heavy (non-hydrogen) atoms. The summed E-state index contributed by atoms with van der Waals surface area (Å²) < 4.78 is 25.3. The SMILES string of the molecule is Cc1cc([N+](=O)[O-])cc([N+](=O)[O-])c1S(=O)(=O)c1ccc(Cl)cc1. The second-order valence-corrected chi connectivity index (χ2v) is 6.91. The number of hydrogen-bond donors (Lipinski definition) is 0. The van der Waals surface area contributed by atoms with Crippen LogP contribution in [0.1, 0.15) is 5.56 Å². The lowest BCUT2D eigenvalue weighted by Gasteiger charge is -2.08. The van der Waals surface area contributed by atoms with E-state index in [1.807, 2.05) is 0 Å². The number of sulfone groups is 1. The van der Waals surface area contributed by atoms with Crippen molar-refractivity contribution in [3.8, 4) is 0 Å². The van der Waals surface area contributed by atoms with Crippen molar-refractivity contribution in [1.29, 1.82) is 0 Å². The quantitative estimate of drug-likeness (QED) is 0.612. The predicted octanol–water partition coefficient (Wildman–Crippen LogP) is 3.30. The van der Waals surface area contributed by atoms with Crippen molar-refractivity contribution >= 4 is 32.8 Å². The Morgan fingerprint density at radius 3 is 2.04 bits per heavy atom. The third kappa shape index (κ3) is 3.15. The van der Waals surface area contributed by atoms with Gasteiger partial charge in [-0.1, -0.05) is 11.6 Å². The van der Waals surface area contributed by atoms with E-state index in [0.717, 1.165) is 6.07 Å². The van der Waals surface area contributed by atoms with Gasteiger partial charge in [0, 0.05) is 11.1 Å². The Balaban J connectivity index is 2.78. The van der Waals surface area contributed by atoms with E-state index in [0.29, 0.717) is 11.1 Å². The zero-order valence-corrected chi connectivity index (χ0v) is 13.2. The van der Waals surface area contributed by atoms with Crippen LogP contribution in [0.3, 0.4) is 0 Å². The maximum Gasteiger partial charge on any atom is 0.295 e. The average Bonchev–Trinajstić information content (AvgIpc) is 2.46. The smallest absolute Gasteiger partial charge is 0.258 e. The van der Waals surface area contributed by atoms with Gasteiger partial charge in [-0.15, -0.1) is 0 Å². The van der Waals surface area contributed by atoms with Gasteiger partial charge in [0.1, 0.15) is 0 Å². The molecule has 0 bridgehead atoms. The lowest BCUT2D eigenvalue weighted by molar-refractivity contribution is -0.396. The molecular weight excluding hydrogens is 348 g/mol. The fraction of sp³-hybridized carbons (Fsp3) is 0.0769. The summed E-state index contributed by atoms with van der Waals surface area (Å²) in [6, 6.07) is 6.71.